The first-order valence-corrected chi connectivity index (χ1v) is 8.22. The second kappa shape index (κ2) is 6.80. The summed E-state index contributed by atoms with van der Waals surface area (Å²) >= 11 is 5.96. The molecule has 1 aromatic carbocycles. The summed E-state index contributed by atoms with van der Waals surface area (Å²) in [6.07, 6.45) is 5.17. The third-order valence-electron chi connectivity index (χ3n) is 4.28. The molecule has 1 atom stereocenters. The number of carbonyl (C=O) groups excluding carboxylic acids is 1. The number of ether oxygens (including phenoxy) is 1. The van der Waals surface area contributed by atoms with Crippen molar-refractivity contribution >= 4 is 17.5 Å². The van der Waals surface area contributed by atoms with Crippen LogP contribution in [-0.4, -0.2) is 36.6 Å². The van der Waals surface area contributed by atoms with Gasteiger partial charge in [0.1, 0.15) is 0 Å². The van der Waals surface area contributed by atoms with E-state index in [2.05, 4.69) is 0 Å². The van der Waals surface area contributed by atoms with Gasteiger partial charge in [-0.25, -0.2) is 0 Å². The molecule has 1 aliphatic heterocycles. The van der Waals surface area contributed by atoms with E-state index in [9.17, 15) is 4.79 Å². The van der Waals surface area contributed by atoms with Gasteiger partial charge in [-0.3, -0.25) is 4.79 Å². The van der Waals surface area contributed by atoms with Crippen molar-refractivity contribution in [2.45, 2.75) is 38.2 Å². The molecule has 1 amide bonds. The number of carbonyl (C=O) groups is 1. The lowest BCUT2D eigenvalue weighted by atomic mass is 10.1. The van der Waals surface area contributed by atoms with Gasteiger partial charge in [0.25, 0.3) is 0 Å². The Balaban J connectivity index is 1.41. The van der Waals surface area contributed by atoms with Crippen molar-refractivity contribution in [2.75, 3.05) is 19.7 Å². The zero-order chi connectivity index (χ0) is 14.7. The first kappa shape index (κ1) is 14.9. The molecule has 0 bridgehead atoms. The van der Waals surface area contributed by atoms with Crippen LogP contribution in [-0.2, 0) is 16.0 Å². The molecule has 0 radical (unpaired) electrons. The predicted molar refractivity (Wildman–Crippen MR) is 83.4 cm³/mol. The number of amides is 1. The maximum Gasteiger partial charge on any atom is 0.222 e. The van der Waals surface area contributed by atoms with Crippen molar-refractivity contribution in [3.63, 3.8) is 0 Å². The third kappa shape index (κ3) is 4.45. The zero-order valence-electron chi connectivity index (χ0n) is 12.3. The highest BCUT2D eigenvalue weighted by Gasteiger charge is 2.29. The van der Waals surface area contributed by atoms with Gasteiger partial charge >= 0.3 is 0 Å². The number of hydrogen-bond donors (Lipinski definition) is 0. The minimum absolute atomic E-state index is 0.229. The highest BCUT2D eigenvalue weighted by molar-refractivity contribution is 6.30. The van der Waals surface area contributed by atoms with E-state index in [1.54, 1.807) is 0 Å². The molecule has 1 unspecified atom stereocenters. The van der Waals surface area contributed by atoms with Crippen LogP contribution in [0.4, 0.5) is 0 Å². The number of likely N-dealkylation sites (tertiary alicyclic amines) is 1. The largest absolute Gasteiger partial charge is 0.376 e. The molecule has 1 saturated carbocycles. The van der Waals surface area contributed by atoms with E-state index in [1.807, 2.05) is 29.2 Å². The second-order valence-corrected chi connectivity index (χ2v) is 6.59. The number of nitrogens with zero attached hydrogens (tertiary/aromatic N) is 1. The highest BCUT2D eigenvalue weighted by Crippen LogP contribution is 2.30. The summed E-state index contributed by atoms with van der Waals surface area (Å²) in [6, 6.07) is 7.74. The van der Waals surface area contributed by atoms with Crippen LogP contribution in [0.3, 0.4) is 0 Å². The van der Waals surface area contributed by atoms with Crippen LogP contribution in [0.1, 0.15) is 31.2 Å². The van der Waals surface area contributed by atoms with Crippen LogP contribution in [0.2, 0.25) is 5.02 Å². The molecule has 21 heavy (non-hydrogen) atoms. The SMILES string of the molecule is O=C(CCc1cccc(Cl)c1)N1CCC(OCC2CC2)C1. The first-order chi connectivity index (χ1) is 10.2. The Morgan fingerprint density at radius 3 is 2.95 bits per heavy atom. The normalized spacial score (nSPS) is 21.8. The topological polar surface area (TPSA) is 29.5 Å². The predicted octanol–water partition coefficient (Wildman–Crippen LogP) is 3.30. The molecule has 1 saturated heterocycles. The Labute approximate surface area is 131 Å². The van der Waals surface area contributed by atoms with Gasteiger partial charge in [-0.2, -0.15) is 0 Å². The molecule has 4 heteroatoms. The minimum atomic E-state index is 0.229. The monoisotopic (exact) mass is 307 g/mol. The summed E-state index contributed by atoms with van der Waals surface area (Å²) in [5.41, 5.74) is 1.12. The summed E-state index contributed by atoms with van der Waals surface area (Å²) in [7, 11) is 0. The Morgan fingerprint density at radius 2 is 2.19 bits per heavy atom. The molecule has 0 spiro atoms. The summed E-state index contributed by atoms with van der Waals surface area (Å²) in [5, 5.41) is 0.731. The van der Waals surface area contributed by atoms with Gasteiger partial charge in [0.05, 0.1) is 6.10 Å². The van der Waals surface area contributed by atoms with Crippen LogP contribution in [0.15, 0.2) is 24.3 Å². The fourth-order valence-corrected chi connectivity index (χ4v) is 2.96. The van der Waals surface area contributed by atoms with Gasteiger partial charge in [-0.15, -0.1) is 0 Å². The van der Waals surface area contributed by atoms with Gasteiger partial charge in [-0.1, -0.05) is 23.7 Å². The first-order valence-electron chi connectivity index (χ1n) is 7.84. The van der Waals surface area contributed by atoms with E-state index >= 15 is 0 Å². The summed E-state index contributed by atoms with van der Waals surface area (Å²) in [5.74, 6) is 1.02. The fourth-order valence-electron chi connectivity index (χ4n) is 2.75. The smallest absolute Gasteiger partial charge is 0.222 e. The molecule has 3 nitrogen and oxygen atoms in total. The van der Waals surface area contributed by atoms with Crippen LogP contribution < -0.4 is 0 Å². The van der Waals surface area contributed by atoms with Gasteiger partial charge in [-0.05, 0) is 49.3 Å². The quantitative estimate of drug-likeness (QED) is 0.807. The van der Waals surface area contributed by atoms with Crippen LogP contribution in [0.5, 0.6) is 0 Å². The average molecular weight is 308 g/mol. The molecular weight excluding hydrogens is 286 g/mol. The summed E-state index contributed by atoms with van der Waals surface area (Å²) in [6.45, 7) is 2.49. The van der Waals surface area contributed by atoms with Gasteiger partial charge in [0.15, 0.2) is 0 Å². The summed E-state index contributed by atoms with van der Waals surface area (Å²) in [4.78, 5) is 14.2. The van der Waals surface area contributed by atoms with Gasteiger partial charge in [0.2, 0.25) is 5.91 Å². The second-order valence-electron chi connectivity index (χ2n) is 6.16. The molecule has 0 aromatic heterocycles. The molecule has 2 aliphatic rings. The van der Waals surface area contributed by atoms with Crippen molar-refractivity contribution in [2.24, 2.45) is 5.92 Å². The highest BCUT2D eigenvalue weighted by atomic mass is 35.5. The van der Waals surface area contributed by atoms with Gasteiger partial charge < -0.3 is 9.64 Å². The fraction of sp³-hybridized carbons (Fsp3) is 0.588. The third-order valence-corrected chi connectivity index (χ3v) is 4.51. The molecule has 1 heterocycles. The Hall–Kier alpha value is -1.06. The lowest BCUT2D eigenvalue weighted by molar-refractivity contribution is -0.130. The number of aryl methyl sites for hydroxylation is 1. The Bertz CT molecular complexity index is 501. The van der Waals surface area contributed by atoms with Gasteiger partial charge in [0, 0.05) is 31.1 Å². The lowest BCUT2D eigenvalue weighted by Gasteiger charge is -2.17. The van der Waals surface area contributed by atoms with Crippen LogP contribution in [0, 0.1) is 5.92 Å². The number of rotatable bonds is 6. The maximum absolute atomic E-state index is 12.2. The summed E-state index contributed by atoms with van der Waals surface area (Å²) < 4.78 is 5.87. The molecular formula is C17H22ClNO2. The number of hydrogen-bond acceptors (Lipinski definition) is 2. The van der Waals surface area contributed by atoms with Crippen molar-refractivity contribution in [3.8, 4) is 0 Å². The van der Waals surface area contributed by atoms with E-state index in [0.29, 0.717) is 6.42 Å². The molecule has 2 fully saturated rings. The molecule has 1 aromatic rings. The Morgan fingerprint density at radius 1 is 1.33 bits per heavy atom. The molecule has 0 N–H and O–H groups in total. The average Bonchev–Trinajstić information content (AvgIpc) is 3.19. The number of benzene rings is 1. The molecule has 114 valence electrons. The van der Waals surface area contributed by atoms with E-state index in [0.717, 1.165) is 49.0 Å². The van der Waals surface area contributed by atoms with E-state index < -0.39 is 0 Å². The van der Waals surface area contributed by atoms with Crippen molar-refractivity contribution < 1.29 is 9.53 Å². The van der Waals surface area contributed by atoms with Crippen molar-refractivity contribution in [3.05, 3.63) is 34.9 Å². The molecule has 1 aliphatic carbocycles. The van der Waals surface area contributed by atoms with E-state index in [-0.39, 0.29) is 12.0 Å². The minimum Gasteiger partial charge on any atom is -0.376 e. The van der Waals surface area contributed by atoms with E-state index in [4.69, 9.17) is 16.3 Å². The lowest BCUT2D eigenvalue weighted by Crippen LogP contribution is -2.30. The maximum atomic E-state index is 12.2. The standard InChI is InChI=1S/C17H22ClNO2/c18-15-3-1-2-13(10-15)6-7-17(20)19-9-8-16(11-19)21-12-14-4-5-14/h1-3,10,14,16H,4-9,11-12H2. The Kier molecular flexibility index (Phi) is 4.81. The van der Waals surface area contributed by atoms with E-state index in [1.165, 1.54) is 12.8 Å². The van der Waals surface area contributed by atoms with Crippen molar-refractivity contribution in [1.29, 1.82) is 0 Å². The van der Waals surface area contributed by atoms with Crippen LogP contribution >= 0.6 is 11.6 Å². The zero-order valence-corrected chi connectivity index (χ0v) is 13.0. The van der Waals surface area contributed by atoms with Crippen LogP contribution in [0.25, 0.3) is 0 Å². The van der Waals surface area contributed by atoms with Crippen molar-refractivity contribution in [1.82, 2.24) is 4.90 Å². The molecule has 3 rings (SSSR count). The number of halogens is 1.